The standard InChI is InChI=1S/C17H27FN2O6S/c1-5-9-25-11-26-20(10-14(4)18)27(23,24)17(22)16(21)19-15-12(2)7-6-8-13(15)3/h6-8,14,17,22H,5,9-11H2,1-4H3,(H,19,21). The number of aliphatic hydroxyl groups is 1. The topological polar surface area (TPSA) is 105 Å². The molecule has 0 radical (unpaired) electrons. The number of hydrogen-bond donors (Lipinski definition) is 2. The number of nitrogens with zero attached hydrogens (tertiary/aromatic N) is 1. The van der Waals surface area contributed by atoms with Crippen LogP contribution < -0.4 is 5.32 Å². The molecule has 0 saturated heterocycles. The summed E-state index contributed by atoms with van der Waals surface area (Å²) >= 11 is 0. The number of hydroxylamine groups is 1. The van der Waals surface area contributed by atoms with Gasteiger partial charge in [-0.15, -0.1) is 0 Å². The van der Waals surface area contributed by atoms with E-state index in [1.54, 1.807) is 32.0 Å². The Hall–Kier alpha value is -1.59. The Morgan fingerprint density at radius 3 is 2.44 bits per heavy atom. The number of aryl methyl sites for hydroxylation is 2. The fourth-order valence-electron chi connectivity index (χ4n) is 2.18. The van der Waals surface area contributed by atoms with Crippen LogP contribution in [0.4, 0.5) is 10.1 Å². The monoisotopic (exact) mass is 406 g/mol. The second-order valence-corrected chi connectivity index (χ2v) is 7.96. The maximum atomic E-state index is 13.4. The van der Waals surface area contributed by atoms with Crippen LogP contribution in [-0.2, 0) is 24.4 Å². The molecule has 1 aromatic rings. The van der Waals surface area contributed by atoms with Crippen LogP contribution in [0.25, 0.3) is 0 Å². The van der Waals surface area contributed by atoms with Crippen LogP contribution in [0, 0.1) is 13.8 Å². The smallest absolute Gasteiger partial charge is 0.272 e. The van der Waals surface area contributed by atoms with E-state index in [-0.39, 0.29) is 4.47 Å². The van der Waals surface area contributed by atoms with Crippen molar-refractivity contribution in [2.24, 2.45) is 0 Å². The summed E-state index contributed by atoms with van der Waals surface area (Å²) in [4.78, 5) is 17.2. The molecule has 154 valence electrons. The molecule has 0 aliphatic rings. The summed E-state index contributed by atoms with van der Waals surface area (Å²) in [6.07, 6.45) is -0.906. The highest BCUT2D eigenvalue weighted by atomic mass is 32.2. The predicted molar refractivity (Wildman–Crippen MR) is 98.9 cm³/mol. The molecule has 0 heterocycles. The fourth-order valence-corrected chi connectivity index (χ4v) is 3.33. The van der Waals surface area contributed by atoms with E-state index in [0.717, 1.165) is 6.92 Å². The highest BCUT2D eigenvalue weighted by molar-refractivity contribution is 7.90. The second kappa shape index (κ2) is 10.7. The van der Waals surface area contributed by atoms with Gasteiger partial charge in [-0.25, -0.2) is 12.8 Å². The van der Waals surface area contributed by atoms with Gasteiger partial charge in [0.1, 0.15) is 6.17 Å². The van der Waals surface area contributed by atoms with E-state index in [9.17, 15) is 22.7 Å². The van der Waals surface area contributed by atoms with Gasteiger partial charge in [-0.3, -0.25) is 9.63 Å². The minimum absolute atomic E-state index is 0.252. The van der Waals surface area contributed by atoms with Crippen LogP contribution in [0.2, 0.25) is 0 Å². The molecule has 2 unspecified atom stereocenters. The van der Waals surface area contributed by atoms with Crippen molar-refractivity contribution < 1.29 is 32.3 Å². The third-order valence-electron chi connectivity index (χ3n) is 3.55. The molecule has 2 atom stereocenters. The van der Waals surface area contributed by atoms with Gasteiger partial charge in [0.05, 0.1) is 6.54 Å². The third kappa shape index (κ3) is 6.82. The van der Waals surface area contributed by atoms with Gasteiger partial charge in [-0.1, -0.05) is 29.6 Å². The van der Waals surface area contributed by atoms with E-state index >= 15 is 0 Å². The SMILES string of the molecule is CCCOCON(CC(C)F)S(=O)(=O)C(O)C(=O)Nc1c(C)cccc1C. The van der Waals surface area contributed by atoms with E-state index in [1.165, 1.54) is 0 Å². The fraction of sp³-hybridized carbons (Fsp3) is 0.588. The molecular formula is C17H27FN2O6S. The first kappa shape index (κ1) is 23.4. The summed E-state index contributed by atoms with van der Waals surface area (Å²) < 4.78 is 43.6. The van der Waals surface area contributed by atoms with Crippen molar-refractivity contribution in [2.75, 3.05) is 25.3 Å². The molecule has 0 spiro atoms. The molecule has 1 aromatic carbocycles. The number of carbonyl (C=O) groups is 1. The Bertz CT molecular complexity index is 706. The average molecular weight is 406 g/mol. The van der Waals surface area contributed by atoms with E-state index < -0.39 is 40.9 Å². The Morgan fingerprint density at radius 1 is 1.33 bits per heavy atom. The number of carbonyl (C=O) groups excluding carboxylic acids is 1. The van der Waals surface area contributed by atoms with Gasteiger partial charge in [-0.05, 0) is 38.3 Å². The lowest BCUT2D eigenvalue weighted by Gasteiger charge is -2.24. The van der Waals surface area contributed by atoms with Crippen molar-refractivity contribution in [3.05, 3.63) is 29.3 Å². The maximum absolute atomic E-state index is 13.4. The molecule has 10 heteroatoms. The molecule has 27 heavy (non-hydrogen) atoms. The maximum Gasteiger partial charge on any atom is 0.272 e. The summed E-state index contributed by atoms with van der Waals surface area (Å²) in [5.41, 5.74) is -0.673. The van der Waals surface area contributed by atoms with Crippen LogP contribution in [0.3, 0.4) is 0 Å². The summed E-state index contributed by atoms with van der Waals surface area (Å²) in [7, 11) is -4.69. The molecule has 8 nitrogen and oxygen atoms in total. The van der Waals surface area contributed by atoms with Crippen LogP contribution in [0.15, 0.2) is 18.2 Å². The summed E-state index contributed by atoms with van der Waals surface area (Å²) in [6, 6.07) is 5.24. The Labute approximate surface area is 159 Å². The zero-order valence-corrected chi connectivity index (χ0v) is 16.8. The zero-order valence-electron chi connectivity index (χ0n) is 15.9. The highest BCUT2D eigenvalue weighted by Gasteiger charge is 2.38. The number of rotatable bonds is 11. The summed E-state index contributed by atoms with van der Waals surface area (Å²) in [5, 5.41) is 12.5. The van der Waals surface area contributed by atoms with Crippen molar-refractivity contribution in [2.45, 2.75) is 45.7 Å². The number of halogens is 1. The second-order valence-electron chi connectivity index (χ2n) is 6.07. The number of amides is 1. The van der Waals surface area contributed by atoms with Gasteiger partial charge < -0.3 is 15.2 Å². The van der Waals surface area contributed by atoms with E-state index in [1.807, 2.05) is 6.92 Å². The Kier molecular flexibility index (Phi) is 9.27. The predicted octanol–water partition coefficient (Wildman–Crippen LogP) is 1.87. The number of sulfonamides is 1. The van der Waals surface area contributed by atoms with Gasteiger partial charge in [0.25, 0.3) is 21.4 Å². The van der Waals surface area contributed by atoms with E-state index in [2.05, 4.69) is 5.32 Å². The molecule has 0 bridgehead atoms. The van der Waals surface area contributed by atoms with E-state index in [4.69, 9.17) is 9.57 Å². The number of para-hydroxylation sites is 1. The van der Waals surface area contributed by atoms with Crippen molar-refractivity contribution >= 4 is 21.6 Å². The van der Waals surface area contributed by atoms with Crippen molar-refractivity contribution in [1.29, 1.82) is 0 Å². The number of alkyl halides is 1. The molecule has 0 saturated carbocycles. The van der Waals surface area contributed by atoms with Gasteiger partial charge in [0.2, 0.25) is 0 Å². The molecule has 0 aromatic heterocycles. The number of benzene rings is 1. The van der Waals surface area contributed by atoms with Crippen LogP contribution in [-0.4, -0.2) is 55.5 Å². The van der Waals surface area contributed by atoms with Gasteiger partial charge in [0.15, 0.2) is 6.79 Å². The molecule has 1 rings (SSSR count). The normalized spacial score (nSPS) is 14.2. The minimum Gasteiger partial charge on any atom is -0.368 e. The number of hydrogen-bond acceptors (Lipinski definition) is 6. The summed E-state index contributed by atoms with van der Waals surface area (Å²) in [5.74, 6) is -1.16. The van der Waals surface area contributed by atoms with Crippen molar-refractivity contribution in [3.8, 4) is 0 Å². The Balaban J connectivity index is 2.93. The largest absolute Gasteiger partial charge is 0.368 e. The lowest BCUT2D eigenvalue weighted by atomic mass is 10.1. The van der Waals surface area contributed by atoms with E-state index in [0.29, 0.717) is 29.8 Å². The average Bonchev–Trinajstić information content (AvgIpc) is 2.59. The molecule has 0 fully saturated rings. The first-order chi connectivity index (χ1) is 12.6. The number of anilines is 1. The van der Waals surface area contributed by atoms with Crippen molar-refractivity contribution in [3.63, 3.8) is 0 Å². The number of aliphatic hydroxyl groups excluding tert-OH is 1. The molecule has 0 aliphatic heterocycles. The summed E-state index contributed by atoms with van der Waals surface area (Å²) in [6.45, 7) is 5.61. The number of nitrogens with one attached hydrogen (secondary N) is 1. The van der Waals surface area contributed by atoms with Gasteiger partial charge in [0, 0.05) is 12.3 Å². The first-order valence-electron chi connectivity index (χ1n) is 8.52. The lowest BCUT2D eigenvalue weighted by Crippen LogP contribution is -2.46. The van der Waals surface area contributed by atoms with Crippen molar-refractivity contribution in [1.82, 2.24) is 4.47 Å². The molecule has 2 N–H and O–H groups in total. The third-order valence-corrected chi connectivity index (χ3v) is 5.15. The van der Waals surface area contributed by atoms with Crippen LogP contribution in [0.1, 0.15) is 31.4 Å². The highest BCUT2D eigenvalue weighted by Crippen LogP contribution is 2.21. The number of ether oxygens (including phenoxy) is 1. The quantitative estimate of drug-likeness (QED) is 0.330. The van der Waals surface area contributed by atoms with Gasteiger partial charge >= 0.3 is 0 Å². The van der Waals surface area contributed by atoms with Crippen LogP contribution >= 0.6 is 0 Å². The molecule has 1 amide bonds. The van der Waals surface area contributed by atoms with Gasteiger partial charge in [-0.2, -0.15) is 0 Å². The molecular weight excluding hydrogens is 379 g/mol. The molecule has 0 aliphatic carbocycles. The zero-order chi connectivity index (χ0) is 20.6. The Morgan fingerprint density at radius 2 is 1.93 bits per heavy atom. The van der Waals surface area contributed by atoms with Crippen LogP contribution in [0.5, 0.6) is 0 Å². The minimum atomic E-state index is -4.69. The lowest BCUT2D eigenvalue weighted by molar-refractivity contribution is -0.179. The first-order valence-corrected chi connectivity index (χ1v) is 10.0.